The third kappa shape index (κ3) is 3.79. The first kappa shape index (κ1) is 15.7. The van der Waals surface area contributed by atoms with Crippen molar-refractivity contribution >= 4 is 17.7 Å². The number of pyridine rings is 1. The van der Waals surface area contributed by atoms with E-state index in [1.807, 2.05) is 23.1 Å². The van der Waals surface area contributed by atoms with Crippen LogP contribution in [0.4, 0.5) is 0 Å². The van der Waals surface area contributed by atoms with Crippen molar-refractivity contribution in [2.75, 3.05) is 12.3 Å². The zero-order chi connectivity index (χ0) is 16.2. The van der Waals surface area contributed by atoms with Crippen LogP contribution in [0.1, 0.15) is 30.3 Å². The predicted octanol–water partition coefficient (Wildman–Crippen LogP) is 1.93. The van der Waals surface area contributed by atoms with Gasteiger partial charge in [-0.2, -0.15) is 0 Å². The summed E-state index contributed by atoms with van der Waals surface area (Å²) in [5, 5.41) is 0.483. The second kappa shape index (κ2) is 6.95. The summed E-state index contributed by atoms with van der Waals surface area (Å²) in [6, 6.07) is 7.26. The molecular formula is C16H18N4O2S. The average Bonchev–Trinajstić information content (AvgIpc) is 3.02. The summed E-state index contributed by atoms with van der Waals surface area (Å²) in [5.74, 6) is 0.308. The van der Waals surface area contributed by atoms with Gasteiger partial charge in [0.2, 0.25) is 5.91 Å². The molecule has 1 saturated heterocycles. The highest BCUT2D eigenvalue weighted by molar-refractivity contribution is 7.99. The largest absolute Gasteiger partial charge is 0.333 e. The Morgan fingerprint density at radius 2 is 2.35 bits per heavy atom. The number of amides is 1. The molecule has 120 valence electrons. The van der Waals surface area contributed by atoms with Gasteiger partial charge in [0.25, 0.3) is 5.56 Å². The number of H-pyrrole nitrogens is 1. The lowest BCUT2D eigenvalue weighted by atomic mass is 10.1. The Labute approximate surface area is 138 Å². The maximum absolute atomic E-state index is 12.5. The van der Waals surface area contributed by atoms with Crippen molar-refractivity contribution in [2.24, 2.45) is 0 Å². The van der Waals surface area contributed by atoms with Gasteiger partial charge in [-0.3, -0.25) is 14.6 Å². The van der Waals surface area contributed by atoms with E-state index in [-0.39, 0.29) is 23.3 Å². The fraction of sp³-hybridized carbons (Fsp3) is 0.375. The van der Waals surface area contributed by atoms with Crippen LogP contribution in [-0.2, 0) is 4.79 Å². The highest BCUT2D eigenvalue weighted by Crippen LogP contribution is 2.31. The first-order valence-corrected chi connectivity index (χ1v) is 8.53. The van der Waals surface area contributed by atoms with Crippen LogP contribution in [0.25, 0.3) is 0 Å². The van der Waals surface area contributed by atoms with E-state index in [0.717, 1.165) is 25.1 Å². The van der Waals surface area contributed by atoms with E-state index in [1.54, 1.807) is 13.1 Å². The first-order chi connectivity index (χ1) is 11.1. The van der Waals surface area contributed by atoms with Gasteiger partial charge in [-0.05, 0) is 31.9 Å². The second-order valence-electron chi connectivity index (χ2n) is 5.48. The molecule has 3 heterocycles. The van der Waals surface area contributed by atoms with Crippen LogP contribution in [0.5, 0.6) is 0 Å². The number of likely N-dealkylation sites (tertiary alicyclic amines) is 1. The third-order valence-electron chi connectivity index (χ3n) is 3.78. The number of nitrogens with zero attached hydrogens (tertiary/aromatic N) is 3. The fourth-order valence-electron chi connectivity index (χ4n) is 2.78. The molecule has 1 aliphatic heterocycles. The monoisotopic (exact) mass is 330 g/mol. The van der Waals surface area contributed by atoms with E-state index in [2.05, 4.69) is 15.0 Å². The zero-order valence-electron chi connectivity index (χ0n) is 12.9. The Kier molecular flexibility index (Phi) is 4.76. The van der Waals surface area contributed by atoms with Gasteiger partial charge in [0.05, 0.1) is 17.5 Å². The molecule has 0 unspecified atom stereocenters. The number of hydrogen-bond acceptors (Lipinski definition) is 5. The molecule has 23 heavy (non-hydrogen) atoms. The number of aryl methyl sites for hydroxylation is 1. The molecular weight excluding hydrogens is 312 g/mol. The molecule has 1 amide bonds. The highest BCUT2D eigenvalue weighted by Gasteiger charge is 2.30. The molecule has 1 N–H and O–H groups in total. The van der Waals surface area contributed by atoms with E-state index < -0.39 is 0 Å². The summed E-state index contributed by atoms with van der Waals surface area (Å²) in [4.78, 5) is 37.1. The Morgan fingerprint density at radius 3 is 3.09 bits per heavy atom. The number of nitrogens with one attached hydrogen (secondary N) is 1. The molecule has 1 aliphatic rings. The van der Waals surface area contributed by atoms with Gasteiger partial charge >= 0.3 is 0 Å². The van der Waals surface area contributed by atoms with Crippen LogP contribution in [0.3, 0.4) is 0 Å². The van der Waals surface area contributed by atoms with Gasteiger partial charge in [-0.1, -0.05) is 17.8 Å². The van der Waals surface area contributed by atoms with Gasteiger partial charge in [-0.15, -0.1) is 0 Å². The standard InChI is InChI=1S/C16H18N4O2S/c1-11-9-14(21)19-16(18-11)23-10-15(22)20-8-4-6-13(20)12-5-2-3-7-17-12/h2-3,5,7,9,13H,4,6,8,10H2,1H3,(H,18,19,21)/t13-/m1/s1. The van der Waals surface area contributed by atoms with Crippen LogP contribution in [0.15, 0.2) is 40.4 Å². The molecule has 2 aromatic rings. The lowest BCUT2D eigenvalue weighted by molar-refractivity contribution is -0.129. The number of rotatable bonds is 4. The Balaban J connectivity index is 1.66. The summed E-state index contributed by atoms with van der Waals surface area (Å²) in [6.07, 6.45) is 3.68. The Morgan fingerprint density at radius 1 is 1.48 bits per heavy atom. The number of thioether (sulfide) groups is 1. The number of carbonyl (C=O) groups is 1. The lowest BCUT2D eigenvalue weighted by Crippen LogP contribution is -2.32. The number of hydrogen-bond donors (Lipinski definition) is 1. The Bertz CT molecular complexity index is 747. The van der Waals surface area contributed by atoms with Crippen molar-refractivity contribution in [1.82, 2.24) is 19.9 Å². The van der Waals surface area contributed by atoms with E-state index in [4.69, 9.17) is 0 Å². The first-order valence-electron chi connectivity index (χ1n) is 7.54. The fourth-order valence-corrected chi connectivity index (χ4v) is 3.59. The minimum absolute atomic E-state index is 0.0484. The Hall–Kier alpha value is -2.15. The maximum atomic E-state index is 12.5. The van der Waals surface area contributed by atoms with Crippen LogP contribution in [0, 0.1) is 6.92 Å². The summed E-state index contributed by atoms with van der Waals surface area (Å²) in [6.45, 7) is 2.51. The molecule has 0 aliphatic carbocycles. The smallest absolute Gasteiger partial charge is 0.251 e. The number of aromatic nitrogens is 3. The van der Waals surface area contributed by atoms with Crippen molar-refractivity contribution in [3.63, 3.8) is 0 Å². The summed E-state index contributed by atoms with van der Waals surface area (Å²) in [7, 11) is 0. The lowest BCUT2D eigenvalue weighted by Gasteiger charge is -2.24. The van der Waals surface area contributed by atoms with Gasteiger partial charge in [0.15, 0.2) is 5.16 Å². The molecule has 0 spiro atoms. The minimum Gasteiger partial charge on any atom is -0.333 e. The van der Waals surface area contributed by atoms with E-state index in [9.17, 15) is 9.59 Å². The maximum Gasteiger partial charge on any atom is 0.251 e. The topological polar surface area (TPSA) is 79.0 Å². The predicted molar refractivity (Wildman–Crippen MR) is 88.2 cm³/mol. The number of carbonyl (C=O) groups excluding carboxylic acids is 1. The van der Waals surface area contributed by atoms with Crippen LogP contribution < -0.4 is 5.56 Å². The van der Waals surface area contributed by atoms with Gasteiger partial charge in [-0.25, -0.2) is 4.98 Å². The van der Waals surface area contributed by atoms with Gasteiger partial charge in [0.1, 0.15) is 0 Å². The minimum atomic E-state index is -0.194. The zero-order valence-corrected chi connectivity index (χ0v) is 13.7. The molecule has 0 saturated carbocycles. The summed E-state index contributed by atoms with van der Waals surface area (Å²) < 4.78 is 0. The normalized spacial score (nSPS) is 17.4. The van der Waals surface area contributed by atoms with Crippen molar-refractivity contribution in [2.45, 2.75) is 31.0 Å². The van der Waals surface area contributed by atoms with E-state index in [1.165, 1.54) is 17.8 Å². The van der Waals surface area contributed by atoms with Gasteiger partial charge < -0.3 is 9.88 Å². The summed E-state index contributed by atoms with van der Waals surface area (Å²) >= 11 is 1.26. The SMILES string of the molecule is Cc1cc(=O)[nH]c(SCC(=O)N2CCC[C@@H]2c2ccccn2)n1. The van der Waals surface area contributed by atoms with E-state index >= 15 is 0 Å². The molecule has 0 bridgehead atoms. The quantitative estimate of drug-likeness (QED) is 0.684. The number of aromatic amines is 1. The molecule has 1 fully saturated rings. The second-order valence-corrected chi connectivity index (χ2v) is 6.44. The molecule has 1 atom stereocenters. The molecule has 2 aromatic heterocycles. The van der Waals surface area contributed by atoms with Crippen LogP contribution in [0.2, 0.25) is 0 Å². The average molecular weight is 330 g/mol. The molecule has 6 nitrogen and oxygen atoms in total. The van der Waals surface area contributed by atoms with Crippen molar-refractivity contribution in [3.8, 4) is 0 Å². The highest BCUT2D eigenvalue weighted by atomic mass is 32.2. The van der Waals surface area contributed by atoms with Crippen molar-refractivity contribution in [1.29, 1.82) is 0 Å². The van der Waals surface area contributed by atoms with E-state index in [0.29, 0.717) is 10.9 Å². The van der Waals surface area contributed by atoms with Crippen molar-refractivity contribution < 1.29 is 4.79 Å². The summed E-state index contributed by atoms with van der Waals surface area (Å²) in [5.41, 5.74) is 1.39. The molecule has 7 heteroatoms. The van der Waals surface area contributed by atoms with Crippen LogP contribution in [-0.4, -0.2) is 38.1 Å². The molecule has 3 rings (SSSR count). The molecule has 0 radical (unpaired) electrons. The van der Waals surface area contributed by atoms with Crippen LogP contribution >= 0.6 is 11.8 Å². The van der Waals surface area contributed by atoms with Gasteiger partial charge in [0, 0.05) is 24.5 Å². The molecule has 0 aromatic carbocycles. The van der Waals surface area contributed by atoms with Crippen molar-refractivity contribution in [3.05, 3.63) is 52.2 Å². The third-order valence-corrected chi connectivity index (χ3v) is 4.64.